The van der Waals surface area contributed by atoms with E-state index in [1.165, 1.54) is 12.1 Å². The number of nitrogens with zero attached hydrogens (tertiary/aromatic N) is 4. The number of phenolic OH excluding ortho intramolecular Hbond substituents is 1. The maximum atomic E-state index is 13.9. The Balaban J connectivity index is 1.81. The van der Waals surface area contributed by atoms with Crippen LogP contribution >= 0.6 is 0 Å². The Hall–Kier alpha value is -3.22. The molecule has 0 saturated carbocycles. The average molecular weight is 380 g/mol. The zero-order valence-electron chi connectivity index (χ0n) is 15.8. The molecule has 0 radical (unpaired) electrons. The van der Waals surface area contributed by atoms with Gasteiger partial charge in [-0.2, -0.15) is 0 Å². The summed E-state index contributed by atoms with van der Waals surface area (Å²) in [4.78, 5) is 24.7. The number of likely N-dealkylation sites (N-methyl/N-ethyl adjacent to an activating group) is 1. The van der Waals surface area contributed by atoms with Crippen molar-refractivity contribution < 1.29 is 14.3 Å². The van der Waals surface area contributed by atoms with Gasteiger partial charge in [-0.05, 0) is 36.8 Å². The lowest BCUT2D eigenvalue weighted by molar-refractivity contribution is -0.129. The number of anilines is 1. The number of carbonyl (C=O) groups excluding carboxylic acids is 1. The van der Waals surface area contributed by atoms with E-state index in [0.717, 1.165) is 6.42 Å². The van der Waals surface area contributed by atoms with Crippen LogP contribution < -0.4 is 4.90 Å². The van der Waals surface area contributed by atoms with E-state index in [9.17, 15) is 14.3 Å². The van der Waals surface area contributed by atoms with Gasteiger partial charge in [0.1, 0.15) is 17.4 Å². The lowest BCUT2D eigenvalue weighted by Crippen LogP contribution is -2.37. The fourth-order valence-electron chi connectivity index (χ4n) is 3.62. The molecular formula is C21H21FN4O2. The number of fused-ring (bicyclic) bond motifs is 1. The molecule has 7 heteroatoms. The fourth-order valence-corrected chi connectivity index (χ4v) is 3.62. The van der Waals surface area contributed by atoms with E-state index in [-0.39, 0.29) is 23.5 Å². The minimum Gasteiger partial charge on any atom is -0.507 e. The van der Waals surface area contributed by atoms with Crippen molar-refractivity contribution >= 4 is 22.6 Å². The second kappa shape index (κ2) is 7.07. The number of hydrogen-bond donors (Lipinski definition) is 1. The average Bonchev–Trinajstić information content (AvgIpc) is 3.16. The number of phenols is 1. The van der Waals surface area contributed by atoms with Gasteiger partial charge in [-0.15, -0.1) is 0 Å². The summed E-state index contributed by atoms with van der Waals surface area (Å²) in [7, 11) is 1.79. The van der Waals surface area contributed by atoms with E-state index in [2.05, 4.69) is 14.9 Å². The van der Waals surface area contributed by atoms with Gasteiger partial charge in [-0.1, -0.05) is 12.1 Å². The molecule has 28 heavy (non-hydrogen) atoms. The van der Waals surface area contributed by atoms with Gasteiger partial charge >= 0.3 is 0 Å². The van der Waals surface area contributed by atoms with Gasteiger partial charge in [0.25, 0.3) is 0 Å². The fraction of sp³-hybridized carbons (Fsp3) is 0.286. The molecule has 3 aromatic rings. The lowest BCUT2D eigenvalue weighted by Gasteiger charge is -2.24. The molecular weight excluding hydrogens is 359 g/mol. The van der Waals surface area contributed by atoms with E-state index in [0.29, 0.717) is 41.2 Å². The Morgan fingerprint density at radius 1 is 1.25 bits per heavy atom. The molecule has 1 atom stereocenters. The first-order chi connectivity index (χ1) is 13.4. The summed E-state index contributed by atoms with van der Waals surface area (Å²) >= 11 is 0. The molecule has 2 heterocycles. The summed E-state index contributed by atoms with van der Waals surface area (Å²) in [5, 5.41) is 10.8. The van der Waals surface area contributed by atoms with E-state index in [1.807, 2.05) is 0 Å². The molecule has 1 aliphatic heterocycles. The summed E-state index contributed by atoms with van der Waals surface area (Å²) < 4.78 is 13.9. The maximum Gasteiger partial charge on any atom is 0.219 e. The van der Waals surface area contributed by atoms with Crippen LogP contribution in [0.25, 0.3) is 22.3 Å². The number of halogens is 1. The Morgan fingerprint density at radius 2 is 2.04 bits per heavy atom. The number of carbonyl (C=O) groups is 1. The van der Waals surface area contributed by atoms with Crippen LogP contribution in [-0.2, 0) is 4.79 Å². The Kier molecular flexibility index (Phi) is 4.58. The van der Waals surface area contributed by atoms with Crippen LogP contribution in [0, 0.1) is 5.82 Å². The van der Waals surface area contributed by atoms with Crippen LogP contribution in [0.4, 0.5) is 10.2 Å². The largest absolute Gasteiger partial charge is 0.507 e. The molecule has 0 bridgehead atoms. The van der Waals surface area contributed by atoms with Gasteiger partial charge in [0.05, 0.1) is 17.1 Å². The summed E-state index contributed by atoms with van der Waals surface area (Å²) in [6.07, 6.45) is 0.808. The van der Waals surface area contributed by atoms with Crippen LogP contribution in [0.1, 0.15) is 13.3 Å². The van der Waals surface area contributed by atoms with Crippen molar-refractivity contribution in [2.75, 3.05) is 25.0 Å². The zero-order chi connectivity index (χ0) is 19.8. The number of aromatic nitrogens is 2. The van der Waals surface area contributed by atoms with Crippen LogP contribution in [-0.4, -0.2) is 52.1 Å². The first kappa shape index (κ1) is 18.2. The molecule has 2 aromatic carbocycles. The van der Waals surface area contributed by atoms with Gasteiger partial charge in [0.2, 0.25) is 5.91 Å². The van der Waals surface area contributed by atoms with Crippen LogP contribution in [0.3, 0.4) is 0 Å². The SMILES string of the molecule is CC(=O)N(C)C1CCN(c2nc(-c3ccccc3O)nc3ccc(F)cc23)C1. The van der Waals surface area contributed by atoms with E-state index >= 15 is 0 Å². The van der Waals surface area contributed by atoms with Crippen molar-refractivity contribution in [2.24, 2.45) is 0 Å². The standard InChI is InChI=1S/C21H21FN4O2/c1-13(27)25(2)15-9-10-26(12-15)21-17-11-14(22)7-8-18(17)23-20(24-21)16-5-3-4-6-19(16)28/h3-8,11,15,28H,9-10,12H2,1-2H3. The van der Waals surface area contributed by atoms with E-state index in [4.69, 9.17) is 0 Å². The Labute approximate surface area is 162 Å². The normalized spacial score (nSPS) is 16.5. The van der Waals surface area contributed by atoms with E-state index in [1.54, 1.807) is 49.2 Å². The Bertz CT molecular complexity index is 1060. The summed E-state index contributed by atoms with van der Waals surface area (Å²) in [6, 6.07) is 11.4. The summed E-state index contributed by atoms with van der Waals surface area (Å²) in [5.41, 5.74) is 1.12. The quantitative estimate of drug-likeness (QED) is 0.756. The molecule has 1 saturated heterocycles. The topological polar surface area (TPSA) is 69.6 Å². The predicted octanol–water partition coefficient (Wildman–Crippen LogP) is 3.20. The first-order valence-corrected chi connectivity index (χ1v) is 9.18. The first-order valence-electron chi connectivity index (χ1n) is 9.18. The third kappa shape index (κ3) is 3.24. The number of amides is 1. The van der Waals surface area contributed by atoms with Crippen molar-refractivity contribution in [2.45, 2.75) is 19.4 Å². The van der Waals surface area contributed by atoms with Crippen molar-refractivity contribution in [3.63, 3.8) is 0 Å². The van der Waals surface area contributed by atoms with Gasteiger partial charge < -0.3 is 14.9 Å². The zero-order valence-corrected chi connectivity index (χ0v) is 15.8. The molecule has 1 unspecified atom stereocenters. The van der Waals surface area contributed by atoms with Gasteiger partial charge in [-0.25, -0.2) is 14.4 Å². The number of benzene rings is 2. The molecule has 1 N–H and O–H groups in total. The number of rotatable bonds is 3. The predicted molar refractivity (Wildman–Crippen MR) is 106 cm³/mol. The molecule has 6 nitrogen and oxygen atoms in total. The van der Waals surface area contributed by atoms with Crippen LogP contribution in [0.15, 0.2) is 42.5 Å². The molecule has 1 amide bonds. The van der Waals surface area contributed by atoms with Gasteiger partial charge in [0.15, 0.2) is 5.82 Å². The highest BCUT2D eigenvalue weighted by Gasteiger charge is 2.29. The smallest absolute Gasteiger partial charge is 0.219 e. The van der Waals surface area contributed by atoms with Crippen molar-refractivity contribution in [3.8, 4) is 17.1 Å². The summed E-state index contributed by atoms with van der Waals surface area (Å²) in [6.45, 7) is 2.86. The molecule has 0 aliphatic carbocycles. The van der Waals surface area contributed by atoms with Gasteiger partial charge in [0, 0.05) is 32.4 Å². The second-order valence-corrected chi connectivity index (χ2v) is 7.07. The molecule has 144 valence electrons. The highest BCUT2D eigenvalue weighted by atomic mass is 19.1. The second-order valence-electron chi connectivity index (χ2n) is 7.07. The minimum absolute atomic E-state index is 0.0142. The summed E-state index contributed by atoms with van der Waals surface area (Å²) in [5.74, 6) is 0.743. The van der Waals surface area contributed by atoms with Crippen LogP contribution in [0.5, 0.6) is 5.75 Å². The monoisotopic (exact) mass is 380 g/mol. The minimum atomic E-state index is -0.357. The molecule has 4 rings (SSSR count). The number of hydrogen-bond acceptors (Lipinski definition) is 5. The highest BCUT2D eigenvalue weighted by molar-refractivity contribution is 5.91. The lowest BCUT2D eigenvalue weighted by atomic mass is 10.1. The maximum absolute atomic E-state index is 13.9. The molecule has 0 spiro atoms. The molecule has 1 aromatic heterocycles. The third-order valence-electron chi connectivity index (χ3n) is 5.29. The highest BCUT2D eigenvalue weighted by Crippen LogP contribution is 2.33. The molecule has 1 fully saturated rings. The van der Waals surface area contributed by atoms with Crippen LogP contribution in [0.2, 0.25) is 0 Å². The van der Waals surface area contributed by atoms with Crippen molar-refractivity contribution in [1.82, 2.24) is 14.9 Å². The third-order valence-corrected chi connectivity index (χ3v) is 5.29. The van der Waals surface area contributed by atoms with E-state index < -0.39 is 0 Å². The van der Waals surface area contributed by atoms with Crippen molar-refractivity contribution in [1.29, 1.82) is 0 Å². The van der Waals surface area contributed by atoms with Crippen molar-refractivity contribution in [3.05, 3.63) is 48.3 Å². The molecule has 1 aliphatic rings. The number of aromatic hydroxyl groups is 1. The van der Waals surface area contributed by atoms with Gasteiger partial charge in [-0.3, -0.25) is 4.79 Å². The Morgan fingerprint density at radius 3 is 2.79 bits per heavy atom. The number of para-hydroxylation sites is 1.